The molecular weight excluding hydrogens is 351 g/mol. The van der Waals surface area contributed by atoms with Gasteiger partial charge in [-0.25, -0.2) is 4.79 Å². The van der Waals surface area contributed by atoms with Crippen LogP contribution in [0.4, 0.5) is 0 Å². The SMILES string of the molecule is CCOC(=O)c1cc(Cl)c(OCc2ccc(Cl)cc2)c(OCC)c1. The highest BCUT2D eigenvalue weighted by Gasteiger charge is 2.17. The molecule has 0 bridgehead atoms. The summed E-state index contributed by atoms with van der Waals surface area (Å²) in [6, 6.07) is 10.4. The van der Waals surface area contributed by atoms with Crippen molar-refractivity contribution in [1.82, 2.24) is 0 Å². The molecular formula is C18H18Cl2O4. The number of esters is 1. The summed E-state index contributed by atoms with van der Waals surface area (Å²) in [6.45, 7) is 4.59. The first kappa shape index (κ1) is 18.4. The Bertz CT molecular complexity index is 699. The lowest BCUT2D eigenvalue weighted by molar-refractivity contribution is 0.0525. The molecule has 0 radical (unpaired) electrons. The van der Waals surface area contributed by atoms with E-state index in [0.29, 0.717) is 35.3 Å². The van der Waals surface area contributed by atoms with Gasteiger partial charge in [0, 0.05) is 5.02 Å². The third-order valence-corrected chi connectivity index (χ3v) is 3.65. The molecule has 0 fully saturated rings. The number of hydrogen-bond acceptors (Lipinski definition) is 4. The first-order valence-electron chi connectivity index (χ1n) is 7.55. The quantitative estimate of drug-likeness (QED) is 0.634. The monoisotopic (exact) mass is 368 g/mol. The van der Waals surface area contributed by atoms with Crippen molar-refractivity contribution < 1.29 is 19.0 Å². The van der Waals surface area contributed by atoms with Crippen molar-refractivity contribution in [2.45, 2.75) is 20.5 Å². The van der Waals surface area contributed by atoms with Crippen LogP contribution in [-0.2, 0) is 11.3 Å². The maximum Gasteiger partial charge on any atom is 0.338 e. The summed E-state index contributed by atoms with van der Waals surface area (Å²) in [5.74, 6) is 0.341. The van der Waals surface area contributed by atoms with Gasteiger partial charge in [-0.05, 0) is 43.7 Å². The van der Waals surface area contributed by atoms with E-state index in [1.807, 2.05) is 19.1 Å². The van der Waals surface area contributed by atoms with Crippen molar-refractivity contribution in [2.24, 2.45) is 0 Å². The van der Waals surface area contributed by atoms with Crippen LogP contribution in [0, 0.1) is 0 Å². The first-order chi connectivity index (χ1) is 11.5. The topological polar surface area (TPSA) is 44.8 Å². The van der Waals surface area contributed by atoms with Crippen LogP contribution in [0.5, 0.6) is 11.5 Å². The summed E-state index contributed by atoms with van der Waals surface area (Å²) in [5.41, 5.74) is 1.26. The van der Waals surface area contributed by atoms with Crippen molar-refractivity contribution >= 4 is 29.2 Å². The summed E-state index contributed by atoms with van der Waals surface area (Å²) in [5, 5.41) is 0.948. The lowest BCUT2D eigenvalue weighted by atomic mass is 10.2. The van der Waals surface area contributed by atoms with E-state index in [1.165, 1.54) is 6.07 Å². The smallest absolute Gasteiger partial charge is 0.338 e. The highest BCUT2D eigenvalue weighted by Crippen LogP contribution is 2.37. The Labute approximate surface area is 151 Å². The number of hydrogen-bond donors (Lipinski definition) is 0. The van der Waals surface area contributed by atoms with Crippen LogP contribution >= 0.6 is 23.2 Å². The maximum absolute atomic E-state index is 11.9. The highest BCUT2D eigenvalue weighted by molar-refractivity contribution is 6.32. The van der Waals surface area contributed by atoms with E-state index in [4.69, 9.17) is 37.4 Å². The molecule has 2 aromatic carbocycles. The highest BCUT2D eigenvalue weighted by atomic mass is 35.5. The van der Waals surface area contributed by atoms with E-state index in [-0.39, 0.29) is 11.6 Å². The zero-order valence-electron chi connectivity index (χ0n) is 13.5. The molecule has 2 aromatic rings. The van der Waals surface area contributed by atoms with Crippen LogP contribution in [0.2, 0.25) is 10.0 Å². The second-order valence-corrected chi connectivity index (χ2v) is 5.70. The molecule has 0 atom stereocenters. The van der Waals surface area contributed by atoms with Gasteiger partial charge >= 0.3 is 5.97 Å². The molecule has 0 saturated carbocycles. The van der Waals surface area contributed by atoms with Gasteiger partial charge in [-0.15, -0.1) is 0 Å². The van der Waals surface area contributed by atoms with Gasteiger partial charge in [0.1, 0.15) is 6.61 Å². The maximum atomic E-state index is 11.9. The molecule has 0 aliphatic carbocycles. The standard InChI is InChI=1S/C18H18Cl2O4/c1-3-22-16-10-13(18(21)23-4-2)9-15(20)17(16)24-11-12-5-7-14(19)8-6-12/h5-10H,3-4,11H2,1-2H3. The third-order valence-electron chi connectivity index (χ3n) is 3.12. The Balaban J connectivity index is 2.24. The normalized spacial score (nSPS) is 10.3. The fraction of sp³-hybridized carbons (Fsp3) is 0.278. The number of halogens is 2. The van der Waals surface area contributed by atoms with Gasteiger partial charge in [0.25, 0.3) is 0 Å². The zero-order chi connectivity index (χ0) is 17.5. The molecule has 24 heavy (non-hydrogen) atoms. The van der Waals surface area contributed by atoms with E-state index in [1.54, 1.807) is 25.1 Å². The Morgan fingerprint density at radius 3 is 2.33 bits per heavy atom. The van der Waals surface area contributed by atoms with Crippen LogP contribution in [-0.4, -0.2) is 19.2 Å². The zero-order valence-corrected chi connectivity index (χ0v) is 15.0. The van der Waals surface area contributed by atoms with Crippen LogP contribution < -0.4 is 9.47 Å². The van der Waals surface area contributed by atoms with E-state index < -0.39 is 5.97 Å². The predicted octanol–water partition coefficient (Wildman–Crippen LogP) is 5.15. The minimum atomic E-state index is -0.454. The van der Waals surface area contributed by atoms with Gasteiger partial charge in [0.05, 0.1) is 23.8 Å². The van der Waals surface area contributed by atoms with Crippen LogP contribution in [0.15, 0.2) is 36.4 Å². The first-order valence-corrected chi connectivity index (χ1v) is 8.31. The lowest BCUT2D eigenvalue weighted by Crippen LogP contribution is -2.07. The van der Waals surface area contributed by atoms with Crippen molar-refractivity contribution in [3.63, 3.8) is 0 Å². The fourth-order valence-corrected chi connectivity index (χ4v) is 2.43. The van der Waals surface area contributed by atoms with E-state index in [0.717, 1.165) is 5.56 Å². The van der Waals surface area contributed by atoms with Gasteiger partial charge < -0.3 is 14.2 Å². The number of ether oxygens (including phenoxy) is 3. The summed E-state index contributed by atoms with van der Waals surface area (Å²) in [7, 11) is 0. The van der Waals surface area contributed by atoms with Crippen LogP contribution in [0.1, 0.15) is 29.8 Å². The molecule has 4 nitrogen and oxygen atoms in total. The summed E-state index contributed by atoms with van der Waals surface area (Å²) >= 11 is 12.1. The second kappa shape index (κ2) is 8.81. The van der Waals surface area contributed by atoms with Crippen molar-refractivity contribution in [3.8, 4) is 11.5 Å². The molecule has 0 amide bonds. The number of carbonyl (C=O) groups is 1. The average molecular weight is 369 g/mol. The summed E-state index contributed by atoms with van der Waals surface area (Å²) in [4.78, 5) is 11.9. The molecule has 0 aromatic heterocycles. The molecule has 0 saturated heterocycles. The van der Waals surface area contributed by atoms with Crippen molar-refractivity contribution in [1.29, 1.82) is 0 Å². The van der Waals surface area contributed by atoms with Gasteiger partial charge in [-0.3, -0.25) is 0 Å². The van der Waals surface area contributed by atoms with Gasteiger partial charge in [-0.1, -0.05) is 35.3 Å². The summed E-state index contributed by atoms with van der Waals surface area (Å²) < 4.78 is 16.3. The second-order valence-electron chi connectivity index (χ2n) is 4.85. The van der Waals surface area contributed by atoms with E-state index in [9.17, 15) is 4.79 Å². The number of carbonyl (C=O) groups excluding carboxylic acids is 1. The Morgan fingerprint density at radius 1 is 1.00 bits per heavy atom. The Kier molecular flexibility index (Phi) is 6.76. The predicted molar refractivity (Wildman–Crippen MR) is 94.4 cm³/mol. The van der Waals surface area contributed by atoms with Crippen molar-refractivity contribution in [3.05, 3.63) is 57.6 Å². The minimum absolute atomic E-state index is 0.287. The average Bonchev–Trinajstić information content (AvgIpc) is 2.56. The molecule has 0 unspecified atom stereocenters. The van der Waals surface area contributed by atoms with E-state index >= 15 is 0 Å². The largest absolute Gasteiger partial charge is 0.490 e. The van der Waals surface area contributed by atoms with Crippen molar-refractivity contribution in [2.75, 3.05) is 13.2 Å². The molecule has 0 N–H and O–H groups in total. The van der Waals surface area contributed by atoms with Gasteiger partial charge in [0.15, 0.2) is 11.5 Å². The number of benzene rings is 2. The molecule has 128 valence electrons. The van der Waals surface area contributed by atoms with Gasteiger partial charge in [0.2, 0.25) is 0 Å². The minimum Gasteiger partial charge on any atom is -0.490 e. The lowest BCUT2D eigenvalue weighted by Gasteiger charge is -2.15. The molecule has 0 spiro atoms. The molecule has 2 rings (SSSR count). The molecule has 0 aliphatic heterocycles. The molecule has 0 aliphatic rings. The van der Waals surface area contributed by atoms with Gasteiger partial charge in [-0.2, -0.15) is 0 Å². The molecule has 0 heterocycles. The molecule has 6 heteroatoms. The van der Waals surface area contributed by atoms with Crippen LogP contribution in [0.3, 0.4) is 0 Å². The third kappa shape index (κ3) is 4.79. The number of rotatable bonds is 7. The van der Waals surface area contributed by atoms with Crippen LogP contribution in [0.25, 0.3) is 0 Å². The fourth-order valence-electron chi connectivity index (χ4n) is 2.04. The Morgan fingerprint density at radius 2 is 1.71 bits per heavy atom. The van der Waals surface area contributed by atoms with E-state index in [2.05, 4.69) is 0 Å². The summed E-state index contributed by atoms with van der Waals surface area (Å²) in [6.07, 6.45) is 0. The Hall–Kier alpha value is -1.91.